The lowest BCUT2D eigenvalue weighted by Gasteiger charge is -2.20. The van der Waals surface area contributed by atoms with E-state index < -0.39 is 0 Å². The van der Waals surface area contributed by atoms with Gasteiger partial charge in [0.05, 0.1) is 6.54 Å². The van der Waals surface area contributed by atoms with E-state index in [0.717, 1.165) is 16.7 Å². The molecule has 146 valence electrons. The molecule has 1 aliphatic rings. The van der Waals surface area contributed by atoms with E-state index in [-0.39, 0.29) is 24.4 Å². The fourth-order valence-corrected chi connectivity index (χ4v) is 4.83. The van der Waals surface area contributed by atoms with Gasteiger partial charge < -0.3 is 15.1 Å². The summed E-state index contributed by atoms with van der Waals surface area (Å²) in [5.41, 5.74) is 1.65. The molecular formula is C21H28N2O3S. The number of thioether (sulfide) groups is 1. The van der Waals surface area contributed by atoms with Gasteiger partial charge in [-0.3, -0.25) is 9.59 Å². The summed E-state index contributed by atoms with van der Waals surface area (Å²) in [4.78, 5) is 24.5. The summed E-state index contributed by atoms with van der Waals surface area (Å²) in [6, 6.07) is 7.79. The summed E-state index contributed by atoms with van der Waals surface area (Å²) in [5.74, 6) is 0.552. The number of furan rings is 1. The number of fused-ring (bicyclic) bond motifs is 1. The second kappa shape index (κ2) is 9.31. The minimum Gasteiger partial charge on any atom is -0.451 e. The van der Waals surface area contributed by atoms with Crippen LogP contribution in [0.5, 0.6) is 0 Å². The first kappa shape index (κ1) is 19.8. The number of amides is 2. The van der Waals surface area contributed by atoms with Crippen molar-refractivity contribution >= 4 is 34.5 Å². The molecule has 0 spiro atoms. The van der Waals surface area contributed by atoms with Gasteiger partial charge in [-0.15, -0.1) is 0 Å². The molecule has 2 N–H and O–H groups in total. The zero-order valence-electron chi connectivity index (χ0n) is 16.0. The molecule has 2 amide bonds. The maximum atomic E-state index is 12.7. The van der Waals surface area contributed by atoms with Gasteiger partial charge in [0.25, 0.3) is 5.91 Å². The van der Waals surface area contributed by atoms with Gasteiger partial charge in [-0.05, 0) is 32.8 Å². The Hall–Kier alpha value is -1.95. The Morgan fingerprint density at radius 1 is 1.19 bits per heavy atom. The molecule has 2 aromatic rings. The minimum absolute atomic E-state index is 0.0445. The van der Waals surface area contributed by atoms with E-state index in [0.29, 0.717) is 16.6 Å². The average molecular weight is 389 g/mol. The summed E-state index contributed by atoms with van der Waals surface area (Å²) in [7, 11) is 0. The van der Waals surface area contributed by atoms with Crippen LogP contribution < -0.4 is 10.6 Å². The first-order chi connectivity index (χ1) is 13.0. The fourth-order valence-electron chi connectivity index (χ4n) is 3.47. The molecule has 1 aromatic heterocycles. The van der Waals surface area contributed by atoms with Crippen molar-refractivity contribution in [3.63, 3.8) is 0 Å². The molecule has 27 heavy (non-hydrogen) atoms. The van der Waals surface area contributed by atoms with Crippen LogP contribution in [0.2, 0.25) is 0 Å². The first-order valence-corrected chi connectivity index (χ1v) is 10.8. The Bertz CT molecular complexity index is 794. The highest BCUT2D eigenvalue weighted by molar-refractivity contribution is 7.99. The second-order valence-corrected chi connectivity index (χ2v) is 8.67. The summed E-state index contributed by atoms with van der Waals surface area (Å²) in [6.07, 6.45) is 6.41. The molecule has 0 unspecified atom stereocenters. The Balaban J connectivity index is 1.73. The van der Waals surface area contributed by atoms with Crippen LogP contribution in [0.3, 0.4) is 0 Å². The van der Waals surface area contributed by atoms with Crippen LogP contribution in [-0.2, 0) is 10.5 Å². The highest BCUT2D eigenvalue weighted by Gasteiger charge is 2.23. The van der Waals surface area contributed by atoms with Gasteiger partial charge in [0.1, 0.15) is 5.58 Å². The highest BCUT2D eigenvalue weighted by Crippen LogP contribution is 2.34. The number of para-hydroxylation sites is 1. The van der Waals surface area contributed by atoms with E-state index in [2.05, 4.69) is 10.6 Å². The van der Waals surface area contributed by atoms with Crippen molar-refractivity contribution in [3.8, 4) is 0 Å². The molecule has 0 atom stereocenters. The van der Waals surface area contributed by atoms with E-state index in [1.54, 1.807) is 0 Å². The van der Waals surface area contributed by atoms with Crippen molar-refractivity contribution < 1.29 is 14.0 Å². The van der Waals surface area contributed by atoms with Crippen molar-refractivity contribution in [1.82, 2.24) is 10.6 Å². The third-order valence-electron chi connectivity index (χ3n) is 4.78. The van der Waals surface area contributed by atoms with E-state index in [9.17, 15) is 9.59 Å². The van der Waals surface area contributed by atoms with Gasteiger partial charge in [0, 0.05) is 28.0 Å². The molecule has 3 rings (SSSR count). The zero-order chi connectivity index (χ0) is 19.2. The molecular weight excluding hydrogens is 360 g/mol. The van der Waals surface area contributed by atoms with Crippen molar-refractivity contribution in [2.75, 3.05) is 6.54 Å². The molecule has 0 radical (unpaired) electrons. The van der Waals surface area contributed by atoms with E-state index in [1.807, 2.05) is 49.9 Å². The number of hydrogen-bond donors (Lipinski definition) is 2. The van der Waals surface area contributed by atoms with E-state index in [1.165, 1.54) is 32.1 Å². The summed E-state index contributed by atoms with van der Waals surface area (Å²) < 4.78 is 5.86. The van der Waals surface area contributed by atoms with Gasteiger partial charge in [0.15, 0.2) is 5.76 Å². The van der Waals surface area contributed by atoms with Crippen LogP contribution >= 0.6 is 11.8 Å². The monoisotopic (exact) mass is 388 g/mol. The topological polar surface area (TPSA) is 71.3 Å². The Labute approximate surface area is 164 Å². The Morgan fingerprint density at radius 2 is 1.93 bits per heavy atom. The molecule has 1 aliphatic carbocycles. The van der Waals surface area contributed by atoms with Crippen LogP contribution in [0, 0.1) is 0 Å². The fraction of sp³-hybridized carbons (Fsp3) is 0.524. The third kappa shape index (κ3) is 5.28. The number of carbonyl (C=O) groups is 2. The Morgan fingerprint density at radius 3 is 2.67 bits per heavy atom. The van der Waals surface area contributed by atoms with Gasteiger partial charge in [-0.2, -0.15) is 11.8 Å². The minimum atomic E-state index is -0.329. The smallest absolute Gasteiger partial charge is 0.287 e. The van der Waals surface area contributed by atoms with Crippen LogP contribution in [0.15, 0.2) is 28.7 Å². The molecule has 0 saturated heterocycles. The first-order valence-electron chi connectivity index (χ1n) is 9.74. The van der Waals surface area contributed by atoms with Crippen molar-refractivity contribution in [2.45, 2.75) is 63.0 Å². The molecule has 0 aliphatic heterocycles. The summed E-state index contributed by atoms with van der Waals surface area (Å²) >= 11 is 1.92. The molecule has 5 nitrogen and oxygen atoms in total. The lowest BCUT2D eigenvalue weighted by atomic mass is 10.0. The zero-order valence-corrected chi connectivity index (χ0v) is 16.9. The van der Waals surface area contributed by atoms with Gasteiger partial charge >= 0.3 is 0 Å². The van der Waals surface area contributed by atoms with Crippen LogP contribution in [0.4, 0.5) is 0 Å². The average Bonchev–Trinajstić information content (AvgIpc) is 3.03. The maximum absolute atomic E-state index is 12.7. The van der Waals surface area contributed by atoms with E-state index in [4.69, 9.17) is 4.42 Å². The van der Waals surface area contributed by atoms with Crippen LogP contribution in [0.25, 0.3) is 11.0 Å². The van der Waals surface area contributed by atoms with Crippen molar-refractivity contribution in [2.24, 2.45) is 0 Å². The SMILES string of the molecule is CC(C)NC(=O)CNC(=O)c1oc2ccccc2c1CSC1CCCCC1. The lowest BCUT2D eigenvalue weighted by molar-refractivity contribution is -0.120. The van der Waals surface area contributed by atoms with Crippen molar-refractivity contribution in [3.05, 3.63) is 35.6 Å². The normalized spacial score (nSPS) is 15.2. The number of carbonyl (C=O) groups excluding carboxylic acids is 2. The molecule has 6 heteroatoms. The molecule has 0 bridgehead atoms. The van der Waals surface area contributed by atoms with E-state index >= 15 is 0 Å². The quantitative estimate of drug-likeness (QED) is 0.744. The molecule has 1 saturated carbocycles. The highest BCUT2D eigenvalue weighted by atomic mass is 32.2. The predicted octanol–water partition coefficient (Wildman–Crippen LogP) is 4.25. The van der Waals surface area contributed by atoms with Crippen molar-refractivity contribution in [1.29, 1.82) is 0 Å². The van der Waals surface area contributed by atoms with Gasteiger partial charge in [-0.25, -0.2) is 0 Å². The molecule has 1 fully saturated rings. The maximum Gasteiger partial charge on any atom is 0.287 e. The summed E-state index contributed by atoms with van der Waals surface area (Å²) in [6.45, 7) is 3.72. The molecule has 1 heterocycles. The largest absolute Gasteiger partial charge is 0.451 e. The lowest BCUT2D eigenvalue weighted by Crippen LogP contribution is -2.39. The van der Waals surface area contributed by atoms with Gasteiger partial charge in [0.2, 0.25) is 5.91 Å². The predicted molar refractivity (Wildman–Crippen MR) is 110 cm³/mol. The summed E-state index contributed by atoms with van der Waals surface area (Å²) in [5, 5.41) is 7.10. The standard InChI is InChI=1S/C21H28N2O3S/c1-14(2)23-19(24)12-22-21(25)20-17(13-27-15-8-4-3-5-9-15)16-10-6-7-11-18(16)26-20/h6-7,10-11,14-15H,3-5,8-9,12-13H2,1-2H3,(H,22,25)(H,23,24). The van der Waals surface area contributed by atoms with Crippen LogP contribution in [0.1, 0.15) is 62.1 Å². The number of hydrogen-bond acceptors (Lipinski definition) is 4. The Kier molecular flexibility index (Phi) is 6.83. The number of nitrogens with one attached hydrogen (secondary N) is 2. The molecule has 1 aromatic carbocycles. The van der Waals surface area contributed by atoms with Gasteiger partial charge in [-0.1, -0.05) is 37.5 Å². The third-order valence-corrected chi connectivity index (χ3v) is 6.18. The number of benzene rings is 1. The second-order valence-electron chi connectivity index (χ2n) is 7.38. The van der Waals surface area contributed by atoms with Crippen LogP contribution in [-0.4, -0.2) is 29.7 Å². The number of rotatable bonds is 7.